The van der Waals surface area contributed by atoms with Crippen molar-refractivity contribution in [3.63, 3.8) is 0 Å². The number of hydrogen-bond donors (Lipinski definition) is 2. The molecule has 0 saturated heterocycles. The van der Waals surface area contributed by atoms with Gasteiger partial charge < -0.3 is 19.9 Å². The number of rotatable bonds is 7. The van der Waals surface area contributed by atoms with Crippen molar-refractivity contribution in [2.24, 2.45) is 0 Å². The summed E-state index contributed by atoms with van der Waals surface area (Å²) in [5, 5.41) is 12.6. The number of carbonyl (C=O) groups is 1. The second-order valence-corrected chi connectivity index (χ2v) is 9.35. The zero-order chi connectivity index (χ0) is 22.7. The fourth-order valence-electron chi connectivity index (χ4n) is 4.18. The predicted molar refractivity (Wildman–Crippen MR) is 131 cm³/mol. The molecule has 1 atom stereocenters. The number of methoxy groups -OCH3 is 1. The minimum absolute atomic E-state index is 0.00535. The molecule has 0 saturated carbocycles. The number of amides is 1. The number of aliphatic hydroxyl groups is 1. The topological polar surface area (TPSA) is 67.8 Å². The van der Waals surface area contributed by atoms with Crippen molar-refractivity contribution in [3.8, 4) is 16.9 Å². The van der Waals surface area contributed by atoms with Gasteiger partial charge in [0.1, 0.15) is 12.4 Å². The van der Waals surface area contributed by atoms with Gasteiger partial charge in [0, 0.05) is 5.92 Å². The van der Waals surface area contributed by atoms with Crippen molar-refractivity contribution in [2.75, 3.05) is 20.3 Å². The summed E-state index contributed by atoms with van der Waals surface area (Å²) in [7, 11) is 1.60. The average molecular weight is 561 g/mol. The van der Waals surface area contributed by atoms with Crippen molar-refractivity contribution < 1.29 is 19.4 Å². The first-order chi connectivity index (χ1) is 15.5. The molecule has 2 N–H and O–H groups in total. The third kappa shape index (κ3) is 4.70. The molecule has 1 aliphatic rings. The minimum Gasteiger partial charge on any atom is -0.494 e. The number of aliphatic hydroxyl groups excluding tert-OH is 1. The molecule has 5 nitrogen and oxygen atoms in total. The highest BCUT2D eigenvalue weighted by molar-refractivity contribution is 9.11. The van der Waals surface area contributed by atoms with Crippen molar-refractivity contribution in [3.05, 3.63) is 86.3 Å². The molecule has 1 aliphatic carbocycles. The molecule has 0 bridgehead atoms. The lowest BCUT2D eigenvalue weighted by molar-refractivity contribution is 0.132. The van der Waals surface area contributed by atoms with Gasteiger partial charge in [0.05, 0.1) is 28.7 Å². The molecule has 0 aliphatic heterocycles. The van der Waals surface area contributed by atoms with E-state index in [0.717, 1.165) is 25.6 Å². The Hall–Kier alpha value is -2.35. The van der Waals surface area contributed by atoms with E-state index < -0.39 is 12.1 Å². The number of hydrogen-bond acceptors (Lipinski definition) is 4. The Morgan fingerprint density at radius 2 is 1.59 bits per heavy atom. The number of fused-ring (bicyclic) bond motifs is 3. The molecule has 0 heterocycles. The van der Waals surface area contributed by atoms with Crippen LogP contribution in [0, 0.1) is 0 Å². The van der Waals surface area contributed by atoms with Crippen LogP contribution in [0.2, 0.25) is 0 Å². The first-order valence-electron chi connectivity index (χ1n) is 10.3. The van der Waals surface area contributed by atoms with Gasteiger partial charge >= 0.3 is 6.09 Å². The molecule has 0 spiro atoms. The van der Waals surface area contributed by atoms with E-state index in [4.69, 9.17) is 9.47 Å². The Kier molecular flexibility index (Phi) is 7.18. The van der Waals surface area contributed by atoms with Crippen molar-refractivity contribution in [2.45, 2.75) is 18.4 Å². The number of ether oxygens (including phenoxy) is 2. The van der Waals surface area contributed by atoms with Crippen LogP contribution in [0.4, 0.5) is 4.79 Å². The Bertz CT molecular complexity index is 1070. The molecule has 0 radical (unpaired) electrons. The maximum absolute atomic E-state index is 12.5. The van der Waals surface area contributed by atoms with Crippen LogP contribution in [0.5, 0.6) is 5.75 Å². The summed E-state index contributed by atoms with van der Waals surface area (Å²) < 4.78 is 12.5. The van der Waals surface area contributed by atoms with Gasteiger partial charge in [-0.1, -0.05) is 48.5 Å². The Labute approximate surface area is 204 Å². The van der Waals surface area contributed by atoms with Gasteiger partial charge in [0.25, 0.3) is 0 Å². The number of benzene rings is 3. The first-order valence-corrected chi connectivity index (χ1v) is 11.8. The maximum atomic E-state index is 12.5. The van der Waals surface area contributed by atoms with Crippen molar-refractivity contribution in [1.29, 1.82) is 0 Å². The first kappa shape index (κ1) is 22.8. The predicted octanol–water partition coefficient (Wildman–Crippen LogP) is 5.66. The molecular formula is C25H23Br2NO4. The summed E-state index contributed by atoms with van der Waals surface area (Å²) >= 11 is 6.96. The molecular weight excluding hydrogens is 538 g/mol. The number of nitrogens with one attached hydrogen (secondary N) is 1. The maximum Gasteiger partial charge on any atom is 0.407 e. The van der Waals surface area contributed by atoms with Gasteiger partial charge in [-0.15, -0.1) is 0 Å². The summed E-state index contributed by atoms with van der Waals surface area (Å²) in [6, 6.07) is 19.8. The van der Waals surface area contributed by atoms with Crippen molar-refractivity contribution >= 4 is 38.0 Å². The van der Waals surface area contributed by atoms with E-state index in [0.29, 0.717) is 12.2 Å². The molecule has 166 valence electrons. The summed E-state index contributed by atoms with van der Waals surface area (Å²) in [6.07, 6.45) is -0.0976. The summed E-state index contributed by atoms with van der Waals surface area (Å²) in [4.78, 5) is 12.5. The van der Waals surface area contributed by atoms with E-state index in [1.807, 2.05) is 36.4 Å². The van der Waals surface area contributed by atoms with Gasteiger partial charge in [-0.25, -0.2) is 4.79 Å². The lowest BCUT2D eigenvalue weighted by Crippen LogP contribution is -2.39. The van der Waals surface area contributed by atoms with E-state index in [9.17, 15) is 9.90 Å². The van der Waals surface area contributed by atoms with Gasteiger partial charge in [0.15, 0.2) is 0 Å². The number of alkyl carbamates (subject to hydrolysis) is 1. The molecule has 7 heteroatoms. The van der Waals surface area contributed by atoms with Crippen molar-refractivity contribution in [1.82, 2.24) is 5.32 Å². The smallest absolute Gasteiger partial charge is 0.407 e. The quantitative estimate of drug-likeness (QED) is 0.391. The third-order valence-electron chi connectivity index (χ3n) is 5.63. The molecule has 0 fully saturated rings. The second-order valence-electron chi connectivity index (χ2n) is 7.65. The second kappa shape index (κ2) is 10.1. The summed E-state index contributed by atoms with van der Waals surface area (Å²) in [5.41, 5.74) is 5.62. The summed E-state index contributed by atoms with van der Waals surface area (Å²) in [6.45, 7) is 0.0309. The lowest BCUT2D eigenvalue weighted by Gasteiger charge is -2.19. The molecule has 0 unspecified atom stereocenters. The Morgan fingerprint density at radius 3 is 2.12 bits per heavy atom. The fourth-order valence-corrected chi connectivity index (χ4v) is 5.78. The standard InChI is InChI=1S/C25H23Br2NO4/c1-31-24-22(26)11-15(12-23(24)27)10-16(13-29)28-25(30)32-14-21-19-8-4-2-6-17(19)18-7-3-5-9-20(18)21/h2-9,11-12,16,21,29H,10,13-14H2,1H3,(H,28,30)/t16-/m0/s1. The molecule has 4 rings (SSSR count). The minimum atomic E-state index is -0.544. The molecule has 1 amide bonds. The van der Waals surface area contributed by atoms with Gasteiger partial charge in [-0.3, -0.25) is 0 Å². The zero-order valence-corrected chi connectivity index (χ0v) is 20.6. The third-order valence-corrected chi connectivity index (χ3v) is 6.81. The van der Waals surface area contributed by atoms with Crippen LogP contribution >= 0.6 is 31.9 Å². The largest absolute Gasteiger partial charge is 0.494 e. The Morgan fingerprint density at radius 1 is 1.03 bits per heavy atom. The van der Waals surface area contributed by atoms with E-state index in [2.05, 4.69) is 61.4 Å². The van der Waals surface area contributed by atoms with Crippen LogP contribution in [0.25, 0.3) is 11.1 Å². The van der Waals surface area contributed by atoms with Crippen LogP contribution < -0.4 is 10.1 Å². The van der Waals surface area contributed by atoms with Gasteiger partial charge in [-0.2, -0.15) is 0 Å². The van der Waals surface area contributed by atoms with E-state index in [-0.39, 0.29) is 19.1 Å². The van der Waals surface area contributed by atoms with E-state index >= 15 is 0 Å². The van der Waals surface area contributed by atoms with E-state index in [1.54, 1.807) is 7.11 Å². The monoisotopic (exact) mass is 559 g/mol. The SMILES string of the molecule is COc1c(Br)cc(C[C@@H](CO)NC(=O)OCC2c3ccccc3-c3ccccc32)cc1Br. The number of halogens is 2. The lowest BCUT2D eigenvalue weighted by atomic mass is 9.98. The highest BCUT2D eigenvalue weighted by Crippen LogP contribution is 2.44. The number of carbonyl (C=O) groups excluding carboxylic acids is 1. The molecule has 32 heavy (non-hydrogen) atoms. The van der Waals surface area contributed by atoms with Crippen LogP contribution in [0.1, 0.15) is 22.6 Å². The zero-order valence-electron chi connectivity index (χ0n) is 17.5. The van der Waals surface area contributed by atoms with E-state index in [1.165, 1.54) is 11.1 Å². The molecule has 3 aromatic carbocycles. The normalized spacial score (nSPS) is 13.2. The summed E-state index contributed by atoms with van der Waals surface area (Å²) in [5.74, 6) is 0.688. The van der Waals surface area contributed by atoms with Gasteiger partial charge in [-0.05, 0) is 78.2 Å². The van der Waals surface area contributed by atoms with Gasteiger partial charge in [0.2, 0.25) is 0 Å². The highest BCUT2D eigenvalue weighted by atomic mass is 79.9. The molecule has 3 aromatic rings. The Balaban J connectivity index is 1.40. The van der Waals surface area contributed by atoms with Crippen LogP contribution in [-0.2, 0) is 11.2 Å². The fraction of sp³-hybridized carbons (Fsp3) is 0.240. The van der Waals surface area contributed by atoms with Crippen LogP contribution in [-0.4, -0.2) is 37.6 Å². The highest BCUT2D eigenvalue weighted by Gasteiger charge is 2.29. The average Bonchev–Trinajstić information content (AvgIpc) is 3.11. The molecule has 0 aromatic heterocycles. The van der Waals surface area contributed by atoms with Crippen LogP contribution in [0.3, 0.4) is 0 Å². The van der Waals surface area contributed by atoms with Crippen LogP contribution in [0.15, 0.2) is 69.6 Å².